The van der Waals surface area contributed by atoms with E-state index in [1.54, 1.807) is 6.20 Å². The number of aliphatic hydroxyl groups excluding tert-OH is 1. The molecule has 118 valence electrons. The lowest BCUT2D eigenvalue weighted by Gasteiger charge is -2.12. The molecule has 1 aromatic heterocycles. The fraction of sp³-hybridized carbons (Fsp3) is 0.333. The van der Waals surface area contributed by atoms with Crippen molar-refractivity contribution in [1.29, 1.82) is 0 Å². The summed E-state index contributed by atoms with van der Waals surface area (Å²) in [5.74, 6) is 0.381. The van der Waals surface area contributed by atoms with Gasteiger partial charge >= 0.3 is 0 Å². The van der Waals surface area contributed by atoms with Crippen molar-refractivity contribution in [2.75, 3.05) is 11.9 Å². The van der Waals surface area contributed by atoms with Gasteiger partial charge in [-0.2, -0.15) is 0 Å². The van der Waals surface area contributed by atoms with Crippen LogP contribution in [0.3, 0.4) is 0 Å². The predicted molar refractivity (Wildman–Crippen MR) is 85.0 cm³/mol. The van der Waals surface area contributed by atoms with Crippen molar-refractivity contribution in [1.82, 2.24) is 10.3 Å². The second-order valence-corrected chi connectivity index (χ2v) is 5.21. The number of aryl methyl sites for hydroxylation is 1. The van der Waals surface area contributed by atoms with Gasteiger partial charge in [-0.15, -0.1) is 12.4 Å². The molecule has 1 fully saturated rings. The first-order valence-corrected chi connectivity index (χ1v) is 6.86. The maximum absolute atomic E-state index is 12.1. The van der Waals surface area contributed by atoms with E-state index in [0.717, 1.165) is 11.1 Å². The van der Waals surface area contributed by atoms with Crippen LogP contribution in [0.5, 0.6) is 0 Å². The highest BCUT2D eigenvalue weighted by molar-refractivity contribution is 5.95. The highest BCUT2D eigenvalue weighted by atomic mass is 35.5. The SMILES string of the molecule is Cc1ccc(NC(=O)C2CC(O)CN2)cc1-c1ncco1.Cl. The smallest absolute Gasteiger partial charge is 0.241 e. The molecule has 0 bridgehead atoms. The van der Waals surface area contributed by atoms with Gasteiger partial charge in [0.2, 0.25) is 11.8 Å². The van der Waals surface area contributed by atoms with Crippen molar-refractivity contribution < 1.29 is 14.3 Å². The summed E-state index contributed by atoms with van der Waals surface area (Å²) < 4.78 is 5.30. The summed E-state index contributed by atoms with van der Waals surface area (Å²) in [6.45, 7) is 2.41. The zero-order chi connectivity index (χ0) is 14.8. The molecule has 0 spiro atoms. The van der Waals surface area contributed by atoms with E-state index < -0.39 is 6.10 Å². The van der Waals surface area contributed by atoms with Crippen LogP contribution in [0, 0.1) is 6.92 Å². The van der Waals surface area contributed by atoms with E-state index in [9.17, 15) is 9.90 Å². The number of rotatable bonds is 3. The van der Waals surface area contributed by atoms with Gasteiger partial charge in [0.05, 0.1) is 18.3 Å². The summed E-state index contributed by atoms with van der Waals surface area (Å²) in [6, 6.07) is 5.23. The molecule has 1 aromatic carbocycles. The van der Waals surface area contributed by atoms with Crippen LogP contribution in [0.2, 0.25) is 0 Å². The maximum Gasteiger partial charge on any atom is 0.241 e. The molecule has 22 heavy (non-hydrogen) atoms. The molecular weight excluding hydrogens is 306 g/mol. The Hall–Kier alpha value is -1.89. The van der Waals surface area contributed by atoms with Crippen LogP contribution < -0.4 is 10.6 Å². The maximum atomic E-state index is 12.1. The third-order valence-electron chi connectivity index (χ3n) is 3.59. The van der Waals surface area contributed by atoms with E-state index in [1.807, 2.05) is 25.1 Å². The molecule has 7 heteroatoms. The number of β-amino-alcohol motifs (C(OH)–C–C–N with tert-alkyl or cyclic N) is 1. The summed E-state index contributed by atoms with van der Waals surface area (Å²) in [5, 5.41) is 15.3. The minimum Gasteiger partial charge on any atom is -0.445 e. The predicted octanol–water partition coefficient (Wildman–Crippen LogP) is 1.73. The van der Waals surface area contributed by atoms with Crippen molar-refractivity contribution in [3.05, 3.63) is 36.2 Å². The number of nitrogens with one attached hydrogen (secondary N) is 2. The van der Waals surface area contributed by atoms with Gasteiger partial charge in [0.1, 0.15) is 6.26 Å². The van der Waals surface area contributed by atoms with Gasteiger partial charge in [-0.05, 0) is 31.0 Å². The number of carbonyl (C=O) groups is 1. The quantitative estimate of drug-likeness (QED) is 0.800. The van der Waals surface area contributed by atoms with E-state index in [-0.39, 0.29) is 24.4 Å². The van der Waals surface area contributed by atoms with Crippen molar-refractivity contribution in [2.45, 2.75) is 25.5 Å². The lowest BCUT2D eigenvalue weighted by Crippen LogP contribution is -2.35. The van der Waals surface area contributed by atoms with Crippen molar-refractivity contribution in [3.63, 3.8) is 0 Å². The Morgan fingerprint density at radius 1 is 1.50 bits per heavy atom. The van der Waals surface area contributed by atoms with Crippen LogP contribution in [0.4, 0.5) is 5.69 Å². The first-order valence-electron chi connectivity index (χ1n) is 6.86. The van der Waals surface area contributed by atoms with Crippen molar-refractivity contribution >= 4 is 24.0 Å². The fourth-order valence-electron chi connectivity index (χ4n) is 2.43. The van der Waals surface area contributed by atoms with Crippen LogP contribution in [0.25, 0.3) is 11.5 Å². The first kappa shape index (κ1) is 16.5. The Kier molecular flexibility index (Phi) is 5.18. The Balaban J connectivity index is 0.00000176. The average molecular weight is 324 g/mol. The number of amides is 1. The Labute approximate surface area is 134 Å². The Morgan fingerprint density at radius 2 is 2.32 bits per heavy atom. The fourth-order valence-corrected chi connectivity index (χ4v) is 2.43. The number of oxazole rings is 1. The number of halogens is 1. The van der Waals surface area contributed by atoms with E-state index in [2.05, 4.69) is 15.6 Å². The second kappa shape index (κ2) is 6.91. The van der Waals surface area contributed by atoms with Gasteiger partial charge in [-0.25, -0.2) is 4.98 Å². The molecule has 1 amide bonds. The zero-order valence-electron chi connectivity index (χ0n) is 12.1. The van der Waals surface area contributed by atoms with Crippen molar-refractivity contribution in [3.8, 4) is 11.5 Å². The van der Waals surface area contributed by atoms with E-state index >= 15 is 0 Å². The molecule has 0 saturated carbocycles. The first-order chi connectivity index (χ1) is 10.1. The van der Waals surface area contributed by atoms with Gasteiger partial charge in [0.25, 0.3) is 0 Å². The molecule has 2 heterocycles. The molecule has 3 N–H and O–H groups in total. The third-order valence-corrected chi connectivity index (χ3v) is 3.59. The highest BCUT2D eigenvalue weighted by Crippen LogP contribution is 2.25. The number of carbonyl (C=O) groups excluding carboxylic acids is 1. The van der Waals surface area contributed by atoms with Gasteiger partial charge < -0.3 is 20.2 Å². The number of aliphatic hydroxyl groups is 1. The number of aromatic nitrogens is 1. The number of hydrogen-bond acceptors (Lipinski definition) is 5. The molecule has 1 aliphatic rings. The van der Waals surface area contributed by atoms with E-state index in [0.29, 0.717) is 24.5 Å². The van der Waals surface area contributed by atoms with Gasteiger partial charge in [-0.3, -0.25) is 4.79 Å². The Bertz CT molecular complexity index is 645. The van der Waals surface area contributed by atoms with E-state index in [1.165, 1.54) is 6.26 Å². The van der Waals surface area contributed by atoms with Crippen LogP contribution in [0.1, 0.15) is 12.0 Å². The Morgan fingerprint density at radius 3 is 2.95 bits per heavy atom. The molecule has 2 unspecified atom stereocenters. The van der Waals surface area contributed by atoms with Crippen LogP contribution in [-0.4, -0.2) is 34.7 Å². The molecule has 2 atom stereocenters. The molecular formula is C15H18ClN3O3. The lowest BCUT2D eigenvalue weighted by molar-refractivity contribution is -0.117. The van der Waals surface area contributed by atoms with Gasteiger partial charge in [-0.1, -0.05) is 6.07 Å². The summed E-state index contributed by atoms with van der Waals surface area (Å²) in [7, 11) is 0. The minimum absolute atomic E-state index is 0. The molecule has 1 aliphatic heterocycles. The number of hydrogen-bond donors (Lipinski definition) is 3. The number of nitrogens with zero attached hydrogens (tertiary/aromatic N) is 1. The monoisotopic (exact) mass is 323 g/mol. The summed E-state index contributed by atoms with van der Waals surface area (Å²) in [5.41, 5.74) is 2.55. The zero-order valence-corrected chi connectivity index (χ0v) is 12.9. The molecule has 6 nitrogen and oxygen atoms in total. The molecule has 2 aromatic rings. The molecule has 0 radical (unpaired) electrons. The summed E-state index contributed by atoms with van der Waals surface area (Å²) >= 11 is 0. The second-order valence-electron chi connectivity index (χ2n) is 5.21. The number of benzene rings is 1. The highest BCUT2D eigenvalue weighted by Gasteiger charge is 2.28. The van der Waals surface area contributed by atoms with E-state index in [4.69, 9.17) is 4.42 Å². The minimum atomic E-state index is -0.457. The molecule has 3 rings (SSSR count). The van der Waals surface area contributed by atoms with Crippen LogP contribution >= 0.6 is 12.4 Å². The third kappa shape index (κ3) is 3.47. The van der Waals surface area contributed by atoms with Crippen LogP contribution in [0.15, 0.2) is 35.1 Å². The topological polar surface area (TPSA) is 87.4 Å². The molecule has 0 aliphatic carbocycles. The standard InChI is InChI=1S/C15H17N3O3.ClH/c1-9-2-3-10(6-12(9)15-16-4-5-21-15)18-14(20)13-7-11(19)8-17-13;/h2-6,11,13,17,19H,7-8H2,1H3,(H,18,20);1H. The van der Waals surface area contributed by atoms with Gasteiger partial charge in [0, 0.05) is 17.8 Å². The average Bonchev–Trinajstić information content (AvgIpc) is 3.12. The summed E-state index contributed by atoms with van der Waals surface area (Å²) in [6.07, 6.45) is 3.08. The molecule has 1 saturated heterocycles. The summed E-state index contributed by atoms with van der Waals surface area (Å²) in [4.78, 5) is 16.2. The largest absolute Gasteiger partial charge is 0.445 e. The lowest BCUT2D eigenvalue weighted by atomic mass is 10.1. The normalized spacial score (nSPS) is 20.5. The number of anilines is 1. The van der Waals surface area contributed by atoms with Crippen molar-refractivity contribution in [2.24, 2.45) is 0 Å². The van der Waals surface area contributed by atoms with Gasteiger partial charge in [0.15, 0.2) is 0 Å². The van der Waals surface area contributed by atoms with Crippen LogP contribution in [-0.2, 0) is 4.79 Å².